The van der Waals surface area contributed by atoms with Crippen molar-refractivity contribution in [1.29, 1.82) is 0 Å². The van der Waals surface area contributed by atoms with Crippen LogP contribution in [0, 0.1) is 11.7 Å². The molecule has 0 spiro atoms. The average Bonchev–Trinajstić information content (AvgIpc) is 2.90. The third-order valence-corrected chi connectivity index (χ3v) is 7.25. The zero-order valence-electron chi connectivity index (χ0n) is 17.6. The fraction of sp³-hybridized carbons (Fsp3) is 0.458. The Bertz CT molecular complexity index is 941. The topological polar surface area (TPSA) is 38.8 Å². The SMILES string of the molecule is CCOC(=O)C1CCCN(CCO[C@@H]2Cc3cc(Cl)ccc3Sc3cc(F)ccc32)C1. The van der Waals surface area contributed by atoms with Crippen molar-refractivity contribution in [3.05, 3.63) is 58.4 Å². The number of carbonyl (C=O) groups is 1. The number of fused-ring (bicyclic) bond motifs is 2. The first-order chi connectivity index (χ1) is 15.0. The molecule has 2 aliphatic heterocycles. The molecule has 0 radical (unpaired) electrons. The van der Waals surface area contributed by atoms with Crippen LogP contribution >= 0.6 is 23.4 Å². The first-order valence-electron chi connectivity index (χ1n) is 10.8. The van der Waals surface area contributed by atoms with Gasteiger partial charge < -0.3 is 14.4 Å². The first kappa shape index (κ1) is 22.6. The average molecular weight is 464 g/mol. The molecule has 1 fully saturated rings. The number of likely N-dealkylation sites (tertiary alicyclic amines) is 1. The lowest BCUT2D eigenvalue weighted by Gasteiger charge is -2.31. The lowest BCUT2D eigenvalue weighted by molar-refractivity contribution is -0.150. The van der Waals surface area contributed by atoms with Crippen molar-refractivity contribution < 1.29 is 18.7 Å². The highest BCUT2D eigenvalue weighted by Crippen LogP contribution is 2.43. The summed E-state index contributed by atoms with van der Waals surface area (Å²) >= 11 is 7.79. The number of benzene rings is 2. The molecule has 0 saturated carbocycles. The molecule has 2 atom stereocenters. The molecule has 2 heterocycles. The van der Waals surface area contributed by atoms with E-state index >= 15 is 0 Å². The minimum absolute atomic E-state index is 0.0549. The second-order valence-electron chi connectivity index (χ2n) is 7.99. The normalized spacial score (nSPS) is 21.1. The summed E-state index contributed by atoms with van der Waals surface area (Å²) in [6, 6.07) is 10.7. The molecular weight excluding hydrogens is 437 g/mol. The Morgan fingerprint density at radius 3 is 2.97 bits per heavy atom. The van der Waals surface area contributed by atoms with Gasteiger partial charge in [-0.15, -0.1) is 0 Å². The molecule has 2 aromatic carbocycles. The quantitative estimate of drug-likeness (QED) is 0.527. The van der Waals surface area contributed by atoms with Crippen LogP contribution in [0.5, 0.6) is 0 Å². The van der Waals surface area contributed by atoms with Crippen LogP contribution < -0.4 is 0 Å². The molecule has 0 aromatic heterocycles. The summed E-state index contributed by atoms with van der Waals surface area (Å²) in [4.78, 5) is 16.3. The smallest absolute Gasteiger partial charge is 0.310 e. The Balaban J connectivity index is 1.43. The van der Waals surface area contributed by atoms with Gasteiger partial charge in [-0.3, -0.25) is 4.79 Å². The summed E-state index contributed by atoms with van der Waals surface area (Å²) in [5, 5.41) is 0.688. The van der Waals surface area contributed by atoms with E-state index in [4.69, 9.17) is 21.1 Å². The van der Waals surface area contributed by atoms with E-state index < -0.39 is 0 Å². The molecule has 0 aliphatic carbocycles. The second kappa shape index (κ2) is 10.3. The van der Waals surface area contributed by atoms with Crippen molar-refractivity contribution in [2.75, 3.05) is 32.8 Å². The van der Waals surface area contributed by atoms with Crippen molar-refractivity contribution in [2.24, 2.45) is 5.92 Å². The molecule has 2 aromatic rings. The van der Waals surface area contributed by atoms with Crippen LogP contribution in [0.1, 0.15) is 37.0 Å². The number of carbonyl (C=O) groups excluding carboxylic acids is 1. The maximum absolute atomic E-state index is 13.9. The van der Waals surface area contributed by atoms with Crippen molar-refractivity contribution in [2.45, 2.75) is 42.1 Å². The Hall–Kier alpha value is -1.60. The van der Waals surface area contributed by atoms with Gasteiger partial charge >= 0.3 is 5.97 Å². The van der Waals surface area contributed by atoms with Gasteiger partial charge in [0.05, 0.1) is 25.2 Å². The molecule has 2 aliphatic rings. The first-order valence-corrected chi connectivity index (χ1v) is 12.0. The highest BCUT2D eigenvalue weighted by molar-refractivity contribution is 7.99. The van der Waals surface area contributed by atoms with Crippen molar-refractivity contribution in [3.8, 4) is 0 Å². The summed E-state index contributed by atoms with van der Waals surface area (Å²) in [5.41, 5.74) is 2.11. The minimum Gasteiger partial charge on any atom is -0.466 e. The van der Waals surface area contributed by atoms with Crippen molar-refractivity contribution in [3.63, 3.8) is 0 Å². The monoisotopic (exact) mass is 463 g/mol. The Labute approximate surface area is 192 Å². The van der Waals surface area contributed by atoms with Crippen LogP contribution in [0.3, 0.4) is 0 Å². The van der Waals surface area contributed by atoms with E-state index in [0.717, 1.165) is 46.8 Å². The molecule has 4 rings (SSSR count). The van der Waals surface area contributed by atoms with Crippen molar-refractivity contribution in [1.82, 2.24) is 4.90 Å². The number of ether oxygens (including phenoxy) is 2. The Morgan fingerprint density at radius 1 is 1.26 bits per heavy atom. The van der Waals surface area contributed by atoms with Crippen LogP contribution in [0.2, 0.25) is 5.02 Å². The third kappa shape index (κ3) is 5.61. The third-order valence-electron chi connectivity index (χ3n) is 5.82. The van der Waals surface area contributed by atoms with Gasteiger partial charge in [-0.2, -0.15) is 0 Å². The highest BCUT2D eigenvalue weighted by Gasteiger charge is 2.28. The molecule has 1 unspecified atom stereocenters. The lowest BCUT2D eigenvalue weighted by atomic mass is 9.98. The molecule has 31 heavy (non-hydrogen) atoms. The van der Waals surface area contributed by atoms with E-state index in [9.17, 15) is 9.18 Å². The molecule has 7 heteroatoms. The van der Waals surface area contributed by atoms with Gasteiger partial charge in [0.2, 0.25) is 0 Å². The highest BCUT2D eigenvalue weighted by atomic mass is 35.5. The molecule has 0 N–H and O–H groups in total. The standard InChI is InChI=1S/C24H27ClFNO3S/c1-2-29-24(28)16-4-3-9-27(15-16)10-11-30-21-13-17-12-18(25)5-8-22(17)31-23-14-19(26)6-7-20(21)23/h5-8,12,14,16,21H,2-4,9-11,13,15H2,1H3/t16?,21-/m1/s1. The van der Waals surface area contributed by atoms with Gasteiger partial charge in [0.1, 0.15) is 5.82 Å². The fourth-order valence-electron chi connectivity index (χ4n) is 4.28. The summed E-state index contributed by atoms with van der Waals surface area (Å²) in [6.07, 6.45) is 2.38. The van der Waals surface area contributed by atoms with E-state index in [1.807, 2.05) is 31.2 Å². The number of nitrogens with zero attached hydrogens (tertiary/aromatic N) is 1. The molecule has 4 nitrogen and oxygen atoms in total. The molecule has 166 valence electrons. The van der Waals surface area contributed by atoms with E-state index in [2.05, 4.69) is 4.90 Å². The number of rotatable bonds is 6. The number of hydrogen-bond donors (Lipinski definition) is 0. The van der Waals surface area contributed by atoms with Gasteiger partial charge in [0.25, 0.3) is 0 Å². The zero-order valence-corrected chi connectivity index (χ0v) is 19.2. The van der Waals surface area contributed by atoms with E-state index in [0.29, 0.717) is 31.2 Å². The summed E-state index contributed by atoms with van der Waals surface area (Å²) in [5.74, 6) is -0.403. The number of halogens is 2. The molecule has 1 saturated heterocycles. The van der Waals surface area contributed by atoms with Crippen LogP contribution in [0.25, 0.3) is 0 Å². The minimum atomic E-state index is -0.249. The summed E-state index contributed by atoms with van der Waals surface area (Å²) in [7, 11) is 0. The number of piperidine rings is 1. The van der Waals surface area contributed by atoms with Crippen molar-refractivity contribution >= 4 is 29.3 Å². The second-order valence-corrected chi connectivity index (χ2v) is 9.51. The summed E-state index contributed by atoms with van der Waals surface area (Å²) in [6.45, 7) is 5.22. The van der Waals surface area contributed by atoms with Crippen LogP contribution in [0.4, 0.5) is 4.39 Å². The van der Waals surface area contributed by atoms with E-state index in [1.165, 1.54) is 6.07 Å². The maximum atomic E-state index is 13.9. The van der Waals surface area contributed by atoms with E-state index in [1.54, 1.807) is 17.8 Å². The molecule has 0 bridgehead atoms. The van der Waals surface area contributed by atoms with Crippen LogP contribution in [-0.4, -0.2) is 43.7 Å². The van der Waals surface area contributed by atoms with E-state index in [-0.39, 0.29) is 23.8 Å². The Morgan fingerprint density at radius 2 is 2.13 bits per heavy atom. The largest absolute Gasteiger partial charge is 0.466 e. The number of hydrogen-bond acceptors (Lipinski definition) is 5. The van der Waals surface area contributed by atoms with Crippen LogP contribution in [-0.2, 0) is 20.7 Å². The molecule has 0 amide bonds. The lowest BCUT2D eigenvalue weighted by Crippen LogP contribution is -2.41. The van der Waals surface area contributed by atoms with Crippen LogP contribution in [0.15, 0.2) is 46.2 Å². The molecular formula is C24H27ClFNO3S. The number of esters is 1. The fourth-order valence-corrected chi connectivity index (χ4v) is 5.61. The summed E-state index contributed by atoms with van der Waals surface area (Å²) < 4.78 is 25.5. The Kier molecular flexibility index (Phi) is 7.54. The predicted octanol–water partition coefficient (Wildman–Crippen LogP) is 5.52. The maximum Gasteiger partial charge on any atom is 0.310 e. The van der Waals surface area contributed by atoms with Gasteiger partial charge in [-0.05, 0) is 67.8 Å². The van der Waals surface area contributed by atoms with Gasteiger partial charge in [-0.25, -0.2) is 4.39 Å². The predicted molar refractivity (Wildman–Crippen MR) is 120 cm³/mol. The zero-order chi connectivity index (χ0) is 21.8. The van der Waals surface area contributed by atoms with Gasteiger partial charge in [-0.1, -0.05) is 29.4 Å². The van der Waals surface area contributed by atoms with Gasteiger partial charge in [0, 0.05) is 34.3 Å². The van der Waals surface area contributed by atoms with Gasteiger partial charge in [0.15, 0.2) is 0 Å².